The summed E-state index contributed by atoms with van der Waals surface area (Å²) in [5.41, 5.74) is 4.73. The third-order valence-corrected chi connectivity index (χ3v) is 5.49. The lowest BCUT2D eigenvalue weighted by Gasteiger charge is -2.39. The molecule has 0 aliphatic carbocycles. The number of ether oxygens (including phenoxy) is 1. The molecule has 1 unspecified atom stereocenters. The highest BCUT2D eigenvalue weighted by atomic mass is 16.5. The first-order valence-electron chi connectivity index (χ1n) is 10.1. The smallest absolute Gasteiger partial charge is 0.317 e. The number of hydrogen-bond acceptors (Lipinski definition) is 3. The first kappa shape index (κ1) is 18.8. The number of nitrogens with one attached hydrogen (secondary N) is 2. The normalized spacial score (nSPS) is 20.4. The highest BCUT2D eigenvalue weighted by Crippen LogP contribution is 2.32. The predicted molar refractivity (Wildman–Crippen MR) is 112 cm³/mol. The van der Waals surface area contributed by atoms with Crippen LogP contribution in [0.2, 0.25) is 0 Å². The van der Waals surface area contributed by atoms with Crippen molar-refractivity contribution in [3.05, 3.63) is 53.6 Å². The molecule has 5 heteroatoms. The van der Waals surface area contributed by atoms with E-state index in [1.807, 2.05) is 4.90 Å². The summed E-state index contributed by atoms with van der Waals surface area (Å²) in [4.78, 5) is 14.3. The molecule has 0 aromatic heterocycles. The van der Waals surface area contributed by atoms with Crippen molar-refractivity contribution in [1.29, 1.82) is 0 Å². The van der Waals surface area contributed by atoms with Crippen molar-refractivity contribution in [3.8, 4) is 16.9 Å². The third kappa shape index (κ3) is 4.14. The van der Waals surface area contributed by atoms with Gasteiger partial charge in [0.2, 0.25) is 0 Å². The second kappa shape index (κ2) is 7.47. The topological polar surface area (TPSA) is 53.6 Å². The molecular weight excluding hydrogens is 350 g/mol. The Hall–Kier alpha value is -2.53. The number of urea groups is 1. The Bertz CT molecular complexity index is 861. The second-order valence-corrected chi connectivity index (χ2v) is 8.54. The van der Waals surface area contributed by atoms with Crippen molar-refractivity contribution >= 4 is 6.03 Å². The van der Waals surface area contributed by atoms with E-state index in [2.05, 4.69) is 73.9 Å². The number of amides is 2. The van der Waals surface area contributed by atoms with Crippen LogP contribution in [-0.2, 0) is 13.0 Å². The predicted octanol–water partition coefficient (Wildman–Crippen LogP) is 3.57. The monoisotopic (exact) mass is 379 g/mol. The zero-order chi connectivity index (χ0) is 19.7. The molecule has 2 amide bonds. The van der Waals surface area contributed by atoms with E-state index in [1.165, 1.54) is 16.7 Å². The minimum atomic E-state index is -0.0318. The van der Waals surface area contributed by atoms with Crippen molar-refractivity contribution < 1.29 is 9.53 Å². The van der Waals surface area contributed by atoms with Gasteiger partial charge in [-0.05, 0) is 55.2 Å². The van der Waals surface area contributed by atoms with E-state index in [-0.39, 0.29) is 17.7 Å². The van der Waals surface area contributed by atoms with Crippen molar-refractivity contribution in [3.63, 3.8) is 0 Å². The summed E-state index contributed by atoms with van der Waals surface area (Å²) in [6.45, 7) is 9.18. The fraction of sp³-hybridized carbons (Fsp3) is 0.435. The molecule has 2 heterocycles. The molecule has 4 rings (SSSR count). The lowest BCUT2D eigenvalue weighted by atomic mass is 10.00. The first-order chi connectivity index (χ1) is 13.4. The standard InChI is InChI=1S/C23H29N3O2/c1-16-12-20-13-19(8-9-21(20)28-16)18-6-4-17(5-7-18)14-24-22(27)26-11-10-25-23(2,3)15-26/h4-9,13,16,25H,10-12,14-15H2,1-3H3,(H,24,27). The van der Waals surface area contributed by atoms with Gasteiger partial charge in [0.05, 0.1) is 0 Å². The second-order valence-electron chi connectivity index (χ2n) is 8.54. The lowest BCUT2D eigenvalue weighted by Crippen LogP contribution is -2.59. The lowest BCUT2D eigenvalue weighted by molar-refractivity contribution is 0.154. The molecule has 0 bridgehead atoms. The van der Waals surface area contributed by atoms with Crippen LogP contribution in [-0.4, -0.2) is 42.2 Å². The maximum Gasteiger partial charge on any atom is 0.317 e. The van der Waals surface area contributed by atoms with Gasteiger partial charge >= 0.3 is 6.03 Å². The number of nitrogens with zero attached hydrogens (tertiary/aromatic N) is 1. The number of hydrogen-bond donors (Lipinski definition) is 2. The third-order valence-electron chi connectivity index (χ3n) is 5.49. The van der Waals surface area contributed by atoms with Gasteiger partial charge in [-0.25, -0.2) is 4.79 Å². The van der Waals surface area contributed by atoms with E-state index in [0.29, 0.717) is 6.54 Å². The highest BCUT2D eigenvalue weighted by molar-refractivity contribution is 5.74. The zero-order valence-corrected chi connectivity index (χ0v) is 16.9. The first-order valence-corrected chi connectivity index (χ1v) is 10.1. The molecule has 28 heavy (non-hydrogen) atoms. The van der Waals surface area contributed by atoms with Gasteiger partial charge in [-0.2, -0.15) is 0 Å². The van der Waals surface area contributed by atoms with Crippen LogP contribution in [0.3, 0.4) is 0 Å². The van der Waals surface area contributed by atoms with Crippen LogP contribution in [0.1, 0.15) is 31.9 Å². The fourth-order valence-electron chi connectivity index (χ4n) is 4.02. The average molecular weight is 380 g/mol. The Labute approximate surface area is 167 Å². The minimum Gasteiger partial charge on any atom is -0.490 e. The molecule has 0 saturated carbocycles. The van der Waals surface area contributed by atoms with Gasteiger partial charge in [-0.3, -0.25) is 0 Å². The van der Waals surface area contributed by atoms with E-state index >= 15 is 0 Å². The highest BCUT2D eigenvalue weighted by Gasteiger charge is 2.28. The Morgan fingerprint density at radius 2 is 1.96 bits per heavy atom. The molecule has 0 spiro atoms. The van der Waals surface area contributed by atoms with Gasteiger partial charge in [0.1, 0.15) is 11.9 Å². The zero-order valence-electron chi connectivity index (χ0n) is 16.9. The largest absolute Gasteiger partial charge is 0.490 e. The van der Waals surface area contributed by atoms with Crippen LogP contribution in [0.4, 0.5) is 4.79 Å². The summed E-state index contributed by atoms with van der Waals surface area (Å²) in [5.74, 6) is 1.01. The number of carbonyl (C=O) groups is 1. The molecule has 1 fully saturated rings. The molecule has 148 valence electrons. The Kier molecular flexibility index (Phi) is 5.02. The molecule has 5 nitrogen and oxygen atoms in total. The van der Waals surface area contributed by atoms with Gasteiger partial charge in [0.25, 0.3) is 0 Å². The molecule has 2 aliphatic heterocycles. The Morgan fingerprint density at radius 3 is 2.71 bits per heavy atom. The van der Waals surface area contributed by atoms with E-state index in [9.17, 15) is 4.79 Å². The van der Waals surface area contributed by atoms with Gasteiger partial charge in [-0.15, -0.1) is 0 Å². The molecule has 1 atom stereocenters. The van der Waals surface area contributed by atoms with Crippen LogP contribution in [0.5, 0.6) is 5.75 Å². The van der Waals surface area contributed by atoms with Crippen LogP contribution >= 0.6 is 0 Å². The molecule has 1 saturated heterocycles. The summed E-state index contributed by atoms with van der Waals surface area (Å²) >= 11 is 0. The van der Waals surface area contributed by atoms with E-state index < -0.39 is 0 Å². The van der Waals surface area contributed by atoms with Crippen LogP contribution in [0, 0.1) is 0 Å². The number of piperazine rings is 1. The van der Waals surface area contributed by atoms with Gasteiger partial charge in [0, 0.05) is 38.1 Å². The summed E-state index contributed by atoms with van der Waals surface area (Å²) in [5, 5.41) is 6.47. The SMILES string of the molecule is CC1Cc2cc(-c3ccc(CNC(=O)N4CCNC(C)(C)C4)cc3)ccc2O1. The van der Waals surface area contributed by atoms with Gasteiger partial charge < -0.3 is 20.3 Å². The summed E-state index contributed by atoms with van der Waals surface area (Å²) < 4.78 is 5.79. The maximum absolute atomic E-state index is 12.5. The maximum atomic E-state index is 12.5. The van der Waals surface area contributed by atoms with Gasteiger partial charge in [0.15, 0.2) is 0 Å². The molecule has 0 radical (unpaired) electrons. The number of benzene rings is 2. The number of carbonyl (C=O) groups excluding carboxylic acids is 1. The number of fused-ring (bicyclic) bond motifs is 1. The molecule has 2 aromatic carbocycles. The molecule has 2 aliphatic rings. The summed E-state index contributed by atoms with van der Waals surface area (Å²) in [6.07, 6.45) is 1.23. The van der Waals surface area contributed by atoms with E-state index in [4.69, 9.17) is 4.74 Å². The van der Waals surface area contributed by atoms with Crippen molar-refractivity contribution in [2.75, 3.05) is 19.6 Å². The molecular formula is C23H29N3O2. The minimum absolute atomic E-state index is 0.00592. The quantitative estimate of drug-likeness (QED) is 0.857. The van der Waals surface area contributed by atoms with E-state index in [0.717, 1.165) is 37.4 Å². The Morgan fingerprint density at radius 1 is 1.21 bits per heavy atom. The average Bonchev–Trinajstić information content (AvgIpc) is 3.05. The molecule has 2 aromatic rings. The Balaban J connectivity index is 1.36. The van der Waals surface area contributed by atoms with Crippen LogP contribution in [0.15, 0.2) is 42.5 Å². The van der Waals surface area contributed by atoms with Crippen LogP contribution in [0.25, 0.3) is 11.1 Å². The van der Waals surface area contributed by atoms with E-state index in [1.54, 1.807) is 0 Å². The summed E-state index contributed by atoms with van der Waals surface area (Å²) in [6, 6.07) is 14.8. The van der Waals surface area contributed by atoms with Crippen molar-refractivity contribution in [2.45, 2.75) is 45.4 Å². The van der Waals surface area contributed by atoms with Gasteiger partial charge in [-0.1, -0.05) is 30.3 Å². The van der Waals surface area contributed by atoms with Crippen molar-refractivity contribution in [1.82, 2.24) is 15.5 Å². The summed E-state index contributed by atoms with van der Waals surface area (Å²) in [7, 11) is 0. The number of rotatable bonds is 3. The van der Waals surface area contributed by atoms with Crippen LogP contribution < -0.4 is 15.4 Å². The fourth-order valence-corrected chi connectivity index (χ4v) is 4.02. The van der Waals surface area contributed by atoms with Crippen molar-refractivity contribution in [2.24, 2.45) is 0 Å². The molecule has 2 N–H and O–H groups in total.